The average Bonchev–Trinajstić information content (AvgIpc) is 3.09. The molecular formula is C20H21N3O5S. The Morgan fingerprint density at radius 3 is 2.76 bits per heavy atom. The molecule has 0 bridgehead atoms. The number of hydrogen-bond acceptors (Lipinski definition) is 7. The number of methoxy groups -OCH3 is 2. The van der Waals surface area contributed by atoms with Gasteiger partial charge in [0.15, 0.2) is 0 Å². The summed E-state index contributed by atoms with van der Waals surface area (Å²) in [6.07, 6.45) is 0.156. The van der Waals surface area contributed by atoms with Crippen molar-refractivity contribution in [1.29, 1.82) is 5.26 Å². The van der Waals surface area contributed by atoms with Crippen molar-refractivity contribution in [1.82, 2.24) is 4.90 Å². The average molecular weight is 415 g/mol. The second-order valence-electron chi connectivity index (χ2n) is 6.21. The topological polar surface area (TPSA) is 101 Å². The molecule has 0 atom stereocenters. The summed E-state index contributed by atoms with van der Waals surface area (Å²) in [5.74, 6) is 0.515. The van der Waals surface area contributed by atoms with Crippen LogP contribution in [0.4, 0.5) is 9.80 Å². The Labute approximate surface area is 172 Å². The molecule has 0 fully saturated rings. The van der Waals surface area contributed by atoms with Gasteiger partial charge < -0.3 is 24.4 Å². The van der Waals surface area contributed by atoms with Crippen LogP contribution in [0.25, 0.3) is 0 Å². The van der Waals surface area contributed by atoms with E-state index in [0.717, 1.165) is 10.4 Å². The Bertz CT molecular complexity index is 979. The fourth-order valence-corrected chi connectivity index (χ4v) is 4.35. The maximum Gasteiger partial charge on any atom is 0.410 e. The summed E-state index contributed by atoms with van der Waals surface area (Å²) in [4.78, 5) is 27.3. The molecule has 1 aromatic carbocycles. The number of nitrogens with one attached hydrogen (secondary N) is 1. The Morgan fingerprint density at radius 1 is 1.31 bits per heavy atom. The lowest BCUT2D eigenvalue weighted by atomic mass is 10.0. The van der Waals surface area contributed by atoms with Crippen LogP contribution in [0.15, 0.2) is 18.2 Å². The minimum Gasteiger partial charge on any atom is -0.497 e. The number of carbonyl (C=O) groups excluding carboxylic acids is 2. The van der Waals surface area contributed by atoms with Crippen molar-refractivity contribution in [2.24, 2.45) is 0 Å². The zero-order chi connectivity index (χ0) is 21.0. The molecule has 2 aromatic rings. The number of thiophene rings is 1. The van der Waals surface area contributed by atoms with E-state index in [1.54, 1.807) is 30.0 Å². The third kappa shape index (κ3) is 4.12. The number of ether oxygens (including phenoxy) is 3. The van der Waals surface area contributed by atoms with E-state index in [4.69, 9.17) is 14.2 Å². The highest BCUT2D eigenvalue weighted by atomic mass is 32.1. The number of carbonyl (C=O) groups is 2. The number of hydrogen-bond donors (Lipinski definition) is 1. The summed E-state index contributed by atoms with van der Waals surface area (Å²) in [6, 6.07) is 7.11. The van der Waals surface area contributed by atoms with Gasteiger partial charge in [-0.3, -0.25) is 4.79 Å². The Kier molecular flexibility index (Phi) is 6.24. The molecule has 8 nitrogen and oxygen atoms in total. The zero-order valence-corrected chi connectivity index (χ0v) is 17.2. The van der Waals surface area contributed by atoms with Gasteiger partial charge in [0.05, 0.1) is 38.5 Å². The molecule has 2 amide bonds. The van der Waals surface area contributed by atoms with Gasteiger partial charge in [0.2, 0.25) is 0 Å². The second kappa shape index (κ2) is 8.84. The molecule has 1 N–H and O–H groups in total. The monoisotopic (exact) mass is 415 g/mol. The molecule has 0 unspecified atom stereocenters. The Balaban J connectivity index is 1.87. The number of fused-ring (bicyclic) bond motifs is 1. The standard InChI is InChI=1S/C20H21N3O5S/c1-4-28-20(25)23-8-7-13-15(10-21)19(29-17(13)11-23)22-18(24)14-9-12(26-2)5-6-16(14)27-3/h5-6,9H,4,7-8,11H2,1-3H3,(H,22,24). The molecule has 29 heavy (non-hydrogen) atoms. The molecule has 0 aliphatic carbocycles. The predicted octanol–water partition coefficient (Wildman–Crippen LogP) is 3.40. The second-order valence-corrected chi connectivity index (χ2v) is 7.32. The van der Waals surface area contributed by atoms with Crippen LogP contribution in [-0.2, 0) is 17.7 Å². The summed E-state index contributed by atoms with van der Waals surface area (Å²) in [5.41, 5.74) is 1.60. The molecule has 1 aliphatic heterocycles. The van der Waals surface area contributed by atoms with Gasteiger partial charge in [-0.25, -0.2) is 4.79 Å². The van der Waals surface area contributed by atoms with Crippen molar-refractivity contribution < 1.29 is 23.8 Å². The Morgan fingerprint density at radius 2 is 2.10 bits per heavy atom. The highest BCUT2D eigenvalue weighted by Gasteiger charge is 2.28. The van der Waals surface area contributed by atoms with E-state index in [9.17, 15) is 14.9 Å². The third-order valence-electron chi connectivity index (χ3n) is 4.57. The molecular weight excluding hydrogens is 394 g/mol. The van der Waals surface area contributed by atoms with Crippen molar-refractivity contribution in [2.45, 2.75) is 19.9 Å². The summed E-state index contributed by atoms with van der Waals surface area (Å²) >= 11 is 1.30. The minimum atomic E-state index is -0.405. The van der Waals surface area contributed by atoms with E-state index in [1.165, 1.54) is 25.6 Å². The first-order valence-corrected chi connectivity index (χ1v) is 9.83. The molecule has 152 valence electrons. The summed E-state index contributed by atoms with van der Waals surface area (Å²) in [7, 11) is 2.99. The number of nitriles is 1. The van der Waals surface area contributed by atoms with Crippen molar-refractivity contribution in [3.05, 3.63) is 39.8 Å². The van der Waals surface area contributed by atoms with Gasteiger partial charge in [-0.15, -0.1) is 11.3 Å². The van der Waals surface area contributed by atoms with Gasteiger partial charge >= 0.3 is 6.09 Å². The van der Waals surface area contributed by atoms with E-state index in [-0.39, 0.29) is 6.09 Å². The van der Waals surface area contributed by atoms with Crippen LogP contribution >= 0.6 is 11.3 Å². The fraction of sp³-hybridized carbons (Fsp3) is 0.350. The molecule has 2 heterocycles. The SMILES string of the molecule is CCOC(=O)N1CCc2c(sc(NC(=O)c3cc(OC)ccc3OC)c2C#N)C1. The number of nitrogens with zero attached hydrogens (tertiary/aromatic N) is 2. The van der Waals surface area contributed by atoms with Gasteiger partial charge in [-0.05, 0) is 37.1 Å². The molecule has 0 saturated carbocycles. The van der Waals surface area contributed by atoms with Crippen molar-refractivity contribution in [2.75, 3.05) is 32.7 Å². The van der Waals surface area contributed by atoms with E-state index in [2.05, 4.69) is 11.4 Å². The van der Waals surface area contributed by atoms with Crippen LogP contribution in [0.1, 0.15) is 33.3 Å². The zero-order valence-electron chi connectivity index (χ0n) is 16.4. The van der Waals surface area contributed by atoms with Crippen molar-refractivity contribution in [3.63, 3.8) is 0 Å². The lowest BCUT2D eigenvalue weighted by Crippen LogP contribution is -2.35. The molecule has 0 radical (unpaired) electrons. The molecule has 0 spiro atoms. The molecule has 1 aliphatic rings. The van der Waals surface area contributed by atoms with E-state index >= 15 is 0 Å². The van der Waals surface area contributed by atoms with Gasteiger partial charge in [-0.2, -0.15) is 5.26 Å². The number of benzene rings is 1. The maximum atomic E-state index is 12.9. The minimum absolute atomic E-state index is 0.301. The van der Waals surface area contributed by atoms with Gasteiger partial charge in [0, 0.05) is 11.4 Å². The maximum absolute atomic E-state index is 12.9. The van der Waals surface area contributed by atoms with Crippen LogP contribution in [0.2, 0.25) is 0 Å². The molecule has 1 aromatic heterocycles. The van der Waals surface area contributed by atoms with Crippen LogP contribution < -0.4 is 14.8 Å². The highest BCUT2D eigenvalue weighted by Crippen LogP contribution is 2.37. The van der Waals surface area contributed by atoms with Crippen LogP contribution in [0, 0.1) is 11.3 Å². The van der Waals surface area contributed by atoms with Gasteiger partial charge in [0.25, 0.3) is 5.91 Å². The lowest BCUT2D eigenvalue weighted by molar-refractivity contribution is 0.102. The first-order chi connectivity index (χ1) is 14.0. The van der Waals surface area contributed by atoms with Gasteiger partial charge in [-0.1, -0.05) is 0 Å². The van der Waals surface area contributed by atoms with Crippen LogP contribution in [-0.4, -0.2) is 44.3 Å². The van der Waals surface area contributed by atoms with Gasteiger partial charge in [0.1, 0.15) is 22.6 Å². The molecule has 9 heteroatoms. The van der Waals surface area contributed by atoms with E-state index < -0.39 is 5.91 Å². The quantitative estimate of drug-likeness (QED) is 0.803. The van der Waals surface area contributed by atoms with Crippen molar-refractivity contribution in [3.8, 4) is 17.6 Å². The summed E-state index contributed by atoms with van der Waals surface area (Å²) < 4.78 is 15.5. The number of amides is 2. The smallest absolute Gasteiger partial charge is 0.410 e. The first-order valence-electron chi connectivity index (χ1n) is 9.02. The third-order valence-corrected chi connectivity index (χ3v) is 5.71. The largest absolute Gasteiger partial charge is 0.497 e. The van der Waals surface area contributed by atoms with E-state index in [0.29, 0.717) is 53.7 Å². The molecule has 3 rings (SSSR count). The van der Waals surface area contributed by atoms with E-state index in [1.807, 2.05) is 0 Å². The normalized spacial score (nSPS) is 12.6. The molecule has 0 saturated heterocycles. The fourth-order valence-electron chi connectivity index (χ4n) is 3.14. The summed E-state index contributed by atoms with van der Waals surface area (Å²) in [5, 5.41) is 12.9. The number of rotatable bonds is 5. The Hall–Kier alpha value is -3.25. The lowest BCUT2D eigenvalue weighted by Gasteiger charge is -2.25. The van der Waals surface area contributed by atoms with Crippen molar-refractivity contribution >= 4 is 28.3 Å². The highest BCUT2D eigenvalue weighted by molar-refractivity contribution is 7.16. The predicted molar refractivity (Wildman–Crippen MR) is 108 cm³/mol. The number of anilines is 1. The van der Waals surface area contributed by atoms with Crippen LogP contribution in [0.3, 0.4) is 0 Å². The first kappa shape index (κ1) is 20.5. The summed E-state index contributed by atoms with van der Waals surface area (Å²) in [6.45, 7) is 2.88. The van der Waals surface area contributed by atoms with Crippen LogP contribution in [0.5, 0.6) is 11.5 Å².